The quantitative estimate of drug-likeness (QED) is 0.550. The fourth-order valence-corrected chi connectivity index (χ4v) is 4.29. The molecule has 3 amide bonds. The number of rotatable bonds is 6. The van der Waals surface area contributed by atoms with E-state index in [4.69, 9.17) is 0 Å². The first-order chi connectivity index (χ1) is 16.2. The number of thioether (sulfide) groups is 1. The van der Waals surface area contributed by atoms with Crippen molar-refractivity contribution in [1.29, 1.82) is 0 Å². The number of carbonyl (C=O) groups is 4. The number of aromatic nitrogens is 1. The third-order valence-electron chi connectivity index (χ3n) is 5.39. The largest absolute Gasteiger partial charge is 0.545 e. The van der Waals surface area contributed by atoms with Crippen LogP contribution < -0.4 is 10.4 Å². The van der Waals surface area contributed by atoms with Crippen LogP contribution in [0.5, 0.6) is 0 Å². The van der Waals surface area contributed by atoms with E-state index in [1.54, 1.807) is 41.1 Å². The van der Waals surface area contributed by atoms with Crippen molar-refractivity contribution in [3.8, 4) is 5.69 Å². The van der Waals surface area contributed by atoms with Crippen molar-refractivity contribution in [2.24, 2.45) is 0 Å². The van der Waals surface area contributed by atoms with E-state index in [2.05, 4.69) is 5.32 Å². The molecule has 1 aliphatic heterocycles. The molecule has 4 rings (SSSR count). The molecule has 0 spiro atoms. The molecular formula is C25H20N3O5S-. The third kappa shape index (κ3) is 4.79. The Labute approximate surface area is 199 Å². The molecule has 1 fully saturated rings. The summed E-state index contributed by atoms with van der Waals surface area (Å²) in [4.78, 5) is 50.0. The summed E-state index contributed by atoms with van der Waals surface area (Å²) in [6.45, 7) is 3.49. The van der Waals surface area contributed by atoms with Crippen molar-refractivity contribution in [2.45, 2.75) is 13.8 Å². The maximum atomic E-state index is 12.9. The van der Waals surface area contributed by atoms with Gasteiger partial charge in [0.2, 0.25) is 5.91 Å². The molecule has 0 atom stereocenters. The summed E-state index contributed by atoms with van der Waals surface area (Å²) in [6, 6.07) is 15.1. The van der Waals surface area contributed by atoms with Crippen molar-refractivity contribution in [3.05, 3.63) is 88.1 Å². The van der Waals surface area contributed by atoms with E-state index in [9.17, 15) is 24.3 Å². The number of carboxylic acids is 1. The number of benzene rings is 2. The smallest absolute Gasteiger partial charge is 0.294 e. The van der Waals surface area contributed by atoms with Gasteiger partial charge in [0.1, 0.15) is 6.54 Å². The van der Waals surface area contributed by atoms with Crippen molar-refractivity contribution < 1.29 is 24.3 Å². The minimum Gasteiger partial charge on any atom is -0.545 e. The van der Waals surface area contributed by atoms with E-state index in [-0.39, 0.29) is 10.5 Å². The topological polar surface area (TPSA) is 112 Å². The standard InChI is InChI=1S/C25H21N3O5S/c1-15-8-9-18(11-16(15)2)26-22(29)14-28-23(30)21(34-25(28)33)13-20-7-4-10-27(20)19-6-3-5-17(12-19)24(31)32/h3-13H,14H2,1-2H3,(H,26,29)(H,31,32)/p-1/b21-13-. The van der Waals surface area contributed by atoms with E-state index in [0.29, 0.717) is 17.1 Å². The van der Waals surface area contributed by atoms with Crippen LogP contribution in [0.4, 0.5) is 10.5 Å². The van der Waals surface area contributed by atoms with Crippen molar-refractivity contribution in [3.63, 3.8) is 0 Å². The number of imide groups is 1. The monoisotopic (exact) mass is 474 g/mol. The number of nitrogens with one attached hydrogen (secondary N) is 1. The first kappa shape index (κ1) is 23.1. The summed E-state index contributed by atoms with van der Waals surface area (Å²) < 4.78 is 1.69. The summed E-state index contributed by atoms with van der Waals surface area (Å²) in [5.41, 5.74) is 3.84. The van der Waals surface area contributed by atoms with Crippen LogP contribution in [0.1, 0.15) is 27.2 Å². The van der Waals surface area contributed by atoms with Gasteiger partial charge < -0.3 is 19.8 Å². The number of hydrogen-bond donors (Lipinski definition) is 1. The average molecular weight is 475 g/mol. The Morgan fingerprint density at radius 3 is 2.56 bits per heavy atom. The van der Waals surface area contributed by atoms with Crippen LogP contribution in [0.25, 0.3) is 11.8 Å². The minimum absolute atomic E-state index is 0.0206. The van der Waals surface area contributed by atoms with Crippen LogP contribution in [-0.2, 0) is 9.59 Å². The SMILES string of the molecule is Cc1ccc(NC(=O)CN2C(=O)S/C(=C\c3cccn3-c3cccc(C(=O)[O-])c3)C2=O)cc1C. The lowest BCUT2D eigenvalue weighted by Crippen LogP contribution is -2.36. The molecular weight excluding hydrogens is 454 g/mol. The number of aryl methyl sites for hydroxylation is 2. The predicted octanol–water partition coefficient (Wildman–Crippen LogP) is 3.13. The number of anilines is 1. The molecule has 1 aliphatic rings. The Kier molecular flexibility index (Phi) is 6.38. The number of carbonyl (C=O) groups excluding carboxylic acids is 4. The second-order valence-corrected chi connectivity index (χ2v) is 8.75. The number of nitrogens with zero attached hydrogens (tertiary/aromatic N) is 2. The van der Waals surface area contributed by atoms with Crippen molar-refractivity contribution in [2.75, 3.05) is 11.9 Å². The summed E-state index contributed by atoms with van der Waals surface area (Å²) in [5.74, 6) is -2.34. The number of amides is 3. The molecule has 1 aromatic heterocycles. The lowest BCUT2D eigenvalue weighted by molar-refractivity contribution is -0.255. The molecule has 9 heteroatoms. The highest BCUT2D eigenvalue weighted by atomic mass is 32.2. The maximum absolute atomic E-state index is 12.9. The second kappa shape index (κ2) is 9.40. The highest BCUT2D eigenvalue weighted by molar-refractivity contribution is 8.18. The molecule has 172 valence electrons. The molecule has 0 radical (unpaired) electrons. The van der Waals surface area contributed by atoms with Gasteiger partial charge in [-0.25, -0.2) is 0 Å². The number of carboxylic acid groups (broad SMARTS) is 1. The van der Waals surface area contributed by atoms with Crippen LogP contribution in [0, 0.1) is 13.8 Å². The van der Waals surface area contributed by atoms with Gasteiger partial charge in [-0.2, -0.15) is 0 Å². The molecule has 0 bridgehead atoms. The molecule has 3 aromatic rings. The molecule has 0 unspecified atom stereocenters. The molecule has 0 aliphatic carbocycles. The highest BCUT2D eigenvalue weighted by Gasteiger charge is 2.36. The van der Waals surface area contributed by atoms with Gasteiger partial charge >= 0.3 is 0 Å². The first-order valence-electron chi connectivity index (χ1n) is 10.3. The van der Waals surface area contributed by atoms with Gasteiger partial charge in [-0.3, -0.25) is 19.3 Å². The van der Waals surface area contributed by atoms with E-state index in [0.717, 1.165) is 27.8 Å². The van der Waals surface area contributed by atoms with Gasteiger partial charge in [0.05, 0.1) is 10.9 Å². The van der Waals surface area contributed by atoms with Crippen LogP contribution in [0.15, 0.2) is 65.7 Å². The Bertz CT molecular complexity index is 1360. The van der Waals surface area contributed by atoms with Crippen LogP contribution in [0.3, 0.4) is 0 Å². The lowest BCUT2D eigenvalue weighted by Gasteiger charge is -2.13. The molecule has 34 heavy (non-hydrogen) atoms. The van der Waals surface area contributed by atoms with Crippen LogP contribution in [-0.4, -0.2) is 39.0 Å². The average Bonchev–Trinajstić information content (AvgIpc) is 3.36. The number of hydrogen-bond acceptors (Lipinski definition) is 6. The molecule has 2 aromatic carbocycles. The fraction of sp³-hybridized carbons (Fsp3) is 0.120. The highest BCUT2D eigenvalue weighted by Crippen LogP contribution is 2.32. The predicted molar refractivity (Wildman–Crippen MR) is 127 cm³/mol. The zero-order chi connectivity index (χ0) is 24.4. The first-order valence-corrected chi connectivity index (χ1v) is 11.2. The molecule has 8 nitrogen and oxygen atoms in total. The van der Waals surface area contributed by atoms with Gasteiger partial charge in [-0.1, -0.05) is 18.2 Å². The van der Waals surface area contributed by atoms with E-state index in [1.807, 2.05) is 26.0 Å². The normalized spacial score (nSPS) is 14.6. The van der Waals surface area contributed by atoms with Crippen LogP contribution in [0.2, 0.25) is 0 Å². The Morgan fingerprint density at radius 2 is 1.82 bits per heavy atom. The van der Waals surface area contributed by atoms with E-state index >= 15 is 0 Å². The summed E-state index contributed by atoms with van der Waals surface area (Å²) in [6.07, 6.45) is 3.25. The van der Waals surface area contributed by atoms with Crippen molar-refractivity contribution >= 4 is 46.5 Å². The molecule has 1 N–H and O–H groups in total. The summed E-state index contributed by atoms with van der Waals surface area (Å²) >= 11 is 0.746. The van der Waals surface area contributed by atoms with E-state index in [1.165, 1.54) is 18.2 Å². The summed E-state index contributed by atoms with van der Waals surface area (Å²) in [5, 5.41) is 13.4. The lowest BCUT2D eigenvalue weighted by atomic mass is 10.1. The minimum atomic E-state index is -1.30. The Balaban J connectivity index is 1.51. The molecule has 1 saturated heterocycles. The summed E-state index contributed by atoms with van der Waals surface area (Å²) in [7, 11) is 0. The molecule has 2 heterocycles. The van der Waals surface area contributed by atoms with Gasteiger partial charge in [0.25, 0.3) is 11.1 Å². The maximum Gasteiger partial charge on any atom is 0.294 e. The fourth-order valence-electron chi connectivity index (χ4n) is 3.46. The third-order valence-corrected chi connectivity index (χ3v) is 6.29. The van der Waals surface area contributed by atoms with E-state index < -0.39 is 29.6 Å². The van der Waals surface area contributed by atoms with Gasteiger partial charge in [-0.15, -0.1) is 0 Å². The number of aromatic carboxylic acids is 1. The van der Waals surface area contributed by atoms with Crippen LogP contribution >= 0.6 is 11.8 Å². The zero-order valence-corrected chi connectivity index (χ0v) is 19.2. The Morgan fingerprint density at radius 1 is 1.03 bits per heavy atom. The Hall–Kier alpha value is -4.11. The van der Waals surface area contributed by atoms with Crippen molar-refractivity contribution in [1.82, 2.24) is 9.47 Å². The zero-order valence-electron chi connectivity index (χ0n) is 18.4. The van der Waals surface area contributed by atoms with Gasteiger partial charge in [0, 0.05) is 23.3 Å². The van der Waals surface area contributed by atoms with Gasteiger partial charge in [0.15, 0.2) is 0 Å². The molecule has 0 saturated carbocycles. The second-order valence-electron chi connectivity index (χ2n) is 7.76. The van der Waals surface area contributed by atoms with Gasteiger partial charge in [-0.05, 0) is 84.8 Å².